The number of benzene rings is 2. The van der Waals surface area contributed by atoms with Gasteiger partial charge in [0.05, 0.1) is 15.9 Å². The fourth-order valence-corrected chi connectivity index (χ4v) is 3.20. The Labute approximate surface area is 121 Å². The third-order valence-corrected chi connectivity index (χ3v) is 4.33. The maximum atomic E-state index is 8.94. The summed E-state index contributed by atoms with van der Waals surface area (Å²) in [5.41, 5.74) is 7.22. The van der Waals surface area contributed by atoms with E-state index in [0.29, 0.717) is 5.69 Å². The molecular weight excluding hydrogens is 270 g/mol. The molecular formula is C15H15N3OS. The normalized spacial score (nSPS) is 10.8. The first-order valence-electron chi connectivity index (χ1n) is 6.31. The Kier molecular flexibility index (Phi) is 3.30. The Bertz CT molecular complexity index is 767. The second-order valence-electron chi connectivity index (χ2n) is 4.59. The lowest BCUT2D eigenvalue weighted by molar-refractivity contribution is 0.389. The summed E-state index contributed by atoms with van der Waals surface area (Å²) in [5, 5.41) is 13.1. The Morgan fingerprint density at radius 1 is 1.15 bits per heavy atom. The van der Waals surface area contributed by atoms with Crippen LogP contribution in [-0.2, 0) is 0 Å². The second-order valence-corrected chi connectivity index (χ2v) is 5.62. The van der Waals surface area contributed by atoms with Crippen LogP contribution in [0.2, 0.25) is 0 Å². The Balaban J connectivity index is 2.07. The van der Waals surface area contributed by atoms with Gasteiger partial charge >= 0.3 is 0 Å². The van der Waals surface area contributed by atoms with Gasteiger partial charge in [-0.2, -0.15) is 0 Å². The minimum atomic E-state index is 0.675. The molecule has 5 heteroatoms. The lowest BCUT2D eigenvalue weighted by atomic mass is 10.1. The lowest BCUT2D eigenvalue weighted by Gasteiger charge is -2.05. The number of hydrogen-bond acceptors (Lipinski definition) is 5. The van der Waals surface area contributed by atoms with Gasteiger partial charge in [0.15, 0.2) is 0 Å². The molecule has 2 aromatic carbocycles. The van der Waals surface area contributed by atoms with Crippen molar-refractivity contribution in [2.24, 2.45) is 0 Å². The fourth-order valence-electron chi connectivity index (χ4n) is 2.19. The predicted octanol–water partition coefficient (Wildman–Crippen LogP) is 4.11. The van der Waals surface area contributed by atoms with Gasteiger partial charge in [0.1, 0.15) is 5.01 Å². The van der Waals surface area contributed by atoms with Crippen LogP contribution in [0.1, 0.15) is 5.56 Å². The van der Waals surface area contributed by atoms with E-state index in [0.717, 1.165) is 26.5 Å². The molecule has 0 unspecified atom stereocenters. The Morgan fingerprint density at radius 2 is 2.00 bits per heavy atom. The summed E-state index contributed by atoms with van der Waals surface area (Å²) in [6, 6.07) is 11.9. The van der Waals surface area contributed by atoms with Gasteiger partial charge in [-0.1, -0.05) is 0 Å². The number of nitrogens with one attached hydrogen (secondary N) is 2. The van der Waals surface area contributed by atoms with Crippen molar-refractivity contribution in [3.63, 3.8) is 0 Å². The van der Waals surface area contributed by atoms with E-state index < -0.39 is 0 Å². The number of fused-ring (bicyclic) bond motifs is 1. The van der Waals surface area contributed by atoms with Crippen molar-refractivity contribution in [1.29, 1.82) is 0 Å². The quantitative estimate of drug-likeness (QED) is 0.634. The molecule has 0 aliphatic carbocycles. The van der Waals surface area contributed by atoms with E-state index in [1.807, 2.05) is 19.2 Å². The molecule has 20 heavy (non-hydrogen) atoms. The summed E-state index contributed by atoms with van der Waals surface area (Å²) in [6.07, 6.45) is 0. The van der Waals surface area contributed by atoms with E-state index in [-0.39, 0.29) is 0 Å². The molecule has 3 aromatic rings. The molecule has 3 N–H and O–H groups in total. The fraction of sp³-hybridized carbons (Fsp3) is 0.133. The predicted molar refractivity (Wildman–Crippen MR) is 84.7 cm³/mol. The summed E-state index contributed by atoms with van der Waals surface area (Å²) in [6.45, 7) is 2.08. The highest BCUT2D eigenvalue weighted by Gasteiger charge is 2.08. The van der Waals surface area contributed by atoms with E-state index in [9.17, 15) is 0 Å². The average Bonchev–Trinajstić information content (AvgIpc) is 2.89. The summed E-state index contributed by atoms with van der Waals surface area (Å²) in [4.78, 5) is 4.64. The van der Waals surface area contributed by atoms with Crippen LogP contribution in [0.25, 0.3) is 20.8 Å². The lowest BCUT2D eigenvalue weighted by Crippen LogP contribution is -1.91. The first kappa shape index (κ1) is 12.9. The van der Waals surface area contributed by atoms with Crippen molar-refractivity contribution in [2.75, 3.05) is 17.8 Å². The van der Waals surface area contributed by atoms with Gasteiger partial charge in [0.2, 0.25) is 0 Å². The SMILES string of the molecule is CNc1ccc(-c2nc3ccc(NO)cc3s2)cc1C. The molecule has 0 bridgehead atoms. The summed E-state index contributed by atoms with van der Waals surface area (Å²) in [5.74, 6) is 0. The van der Waals surface area contributed by atoms with Crippen molar-refractivity contribution in [3.8, 4) is 10.6 Å². The molecule has 1 heterocycles. The van der Waals surface area contributed by atoms with Crippen LogP contribution >= 0.6 is 11.3 Å². The molecule has 0 saturated carbocycles. The topological polar surface area (TPSA) is 57.2 Å². The standard InChI is InChI=1S/C15H15N3OS/c1-9-7-10(3-5-12(9)16-2)15-17-13-6-4-11(18-19)8-14(13)20-15/h3-8,16,18-19H,1-2H3. The molecule has 0 amide bonds. The molecule has 0 spiro atoms. The zero-order chi connectivity index (χ0) is 14.1. The molecule has 0 aliphatic rings. The molecule has 0 fully saturated rings. The van der Waals surface area contributed by atoms with E-state index >= 15 is 0 Å². The van der Waals surface area contributed by atoms with Crippen molar-refractivity contribution >= 4 is 32.9 Å². The van der Waals surface area contributed by atoms with Gasteiger partial charge in [0.25, 0.3) is 0 Å². The molecule has 1 aromatic heterocycles. The largest absolute Gasteiger partial charge is 0.388 e. The summed E-state index contributed by atoms with van der Waals surface area (Å²) >= 11 is 1.62. The first-order chi connectivity index (χ1) is 9.71. The Hall–Kier alpha value is -2.11. The van der Waals surface area contributed by atoms with Crippen molar-refractivity contribution in [3.05, 3.63) is 42.0 Å². The molecule has 3 rings (SSSR count). The van der Waals surface area contributed by atoms with Crippen molar-refractivity contribution in [2.45, 2.75) is 6.92 Å². The molecule has 0 saturated heterocycles. The van der Waals surface area contributed by atoms with Gasteiger partial charge in [-0.15, -0.1) is 11.3 Å². The number of aryl methyl sites for hydroxylation is 1. The van der Waals surface area contributed by atoms with Crippen LogP contribution in [0.4, 0.5) is 11.4 Å². The van der Waals surface area contributed by atoms with Crippen LogP contribution in [0.15, 0.2) is 36.4 Å². The van der Waals surface area contributed by atoms with Gasteiger partial charge in [-0.25, -0.2) is 4.98 Å². The van der Waals surface area contributed by atoms with Crippen LogP contribution in [0.5, 0.6) is 0 Å². The molecule has 0 atom stereocenters. The van der Waals surface area contributed by atoms with E-state index in [4.69, 9.17) is 5.21 Å². The minimum absolute atomic E-state index is 0.675. The monoisotopic (exact) mass is 285 g/mol. The van der Waals surface area contributed by atoms with Crippen LogP contribution in [0, 0.1) is 6.92 Å². The summed E-state index contributed by atoms with van der Waals surface area (Å²) in [7, 11) is 1.92. The van der Waals surface area contributed by atoms with Gasteiger partial charge in [-0.3, -0.25) is 10.7 Å². The maximum Gasteiger partial charge on any atom is 0.124 e. The third kappa shape index (κ3) is 2.21. The average molecular weight is 285 g/mol. The Morgan fingerprint density at radius 3 is 2.70 bits per heavy atom. The highest BCUT2D eigenvalue weighted by molar-refractivity contribution is 7.21. The second kappa shape index (κ2) is 5.11. The van der Waals surface area contributed by atoms with Gasteiger partial charge in [0, 0.05) is 18.3 Å². The third-order valence-electron chi connectivity index (χ3n) is 3.26. The highest BCUT2D eigenvalue weighted by atomic mass is 32.1. The number of anilines is 2. The van der Waals surface area contributed by atoms with Gasteiger partial charge < -0.3 is 5.32 Å². The number of aromatic nitrogens is 1. The highest BCUT2D eigenvalue weighted by Crippen LogP contribution is 2.33. The number of rotatable bonds is 3. The number of hydrogen-bond donors (Lipinski definition) is 3. The van der Waals surface area contributed by atoms with Crippen molar-refractivity contribution < 1.29 is 5.21 Å². The smallest absolute Gasteiger partial charge is 0.124 e. The van der Waals surface area contributed by atoms with Crippen LogP contribution in [0.3, 0.4) is 0 Å². The maximum absolute atomic E-state index is 8.94. The number of nitrogens with zero attached hydrogens (tertiary/aromatic N) is 1. The minimum Gasteiger partial charge on any atom is -0.388 e. The number of thiazole rings is 1. The van der Waals surface area contributed by atoms with Crippen molar-refractivity contribution in [1.82, 2.24) is 4.98 Å². The molecule has 0 radical (unpaired) electrons. The van der Waals surface area contributed by atoms with Crippen LogP contribution in [-0.4, -0.2) is 17.2 Å². The van der Waals surface area contributed by atoms with E-state index in [1.165, 1.54) is 5.56 Å². The zero-order valence-corrected chi connectivity index (χ0v) is 12.1. The van der Waals surface area contributed by atoms with E-state index in [1.54, 1.807) is 17.4 Å². The van der Waals surface area contributed by atoms with Gasteiger partial charge in [-0.05, 0) is 48.9 Å². The zero-order valence-electron chi connectivity index (χ0n) is 11.3. The van der Waals surface area contributed by atoms with E-state index in [2.05, 4.69) is 40.9 Å². The molecule has 4 nitrogen and oxygen atoms in total. The molecule has 102 valence electrons. The first-order valence-corrected chi connectivity index (χ1v) is 7.12. The summed E-state index contributed by atoms with van der Waals surface area (Å²) < 4.78 is 1.05. The molecule has 0 aliphatic heterocycles. The van der Waals surface area contributed by atoms with Crippen LogP contribution < -0.4 is 10.8 Å².